The number of phenolic OH excluding ortho intramolecular Hbond substituents is 1. The van der Waals surface area contributed by atoms with Crippen molar-refractivity contribution in [2.45, 2.75) is 24.7 Å². The van der Waals surface area contributed by atoms with E-state index in [0.29, 0.717) is 18.4 Å². The van der Waals surface area contributed by atoms with Crippen LogP contribution in [0.2, 0.25) is 0 Å². The summed E-state index contributed by atoms with van der Waals surface area (Å²) in [5.41, 5.74) is -0.363. The molecule has 0 aliphatic heterocycles. The number of phenols is 1. The first-order valence-electron chi connectivity index (χ1n) is 6.19. The van der Waals surface area contributed by atoms with Crippen LogP contribution in [0.15, 0.2) is 34.8 Å². The molecule has 1 aliphatic rings. The van der Waals surface area contributed by atoms with Crippen molar-refractivity contribution in [2.24, 2.45) is 0 Å². The maximum atomic E-state index is 11.5. The quantitative estimate of drug-likeness (QED) is 0.884. The summed E-state index contributed by atoms with van der Waals surface area (Å²) in [6, 6.07) is 9.20. The molecule has 0 spiro atoms. The van der Waals surface area contributed by atoms with E-state index in [0.717, 1.165) is 21.7 Å². The van der Waals surface area contributed by atoms with Crippen LogP contribution in [0, 0.1) is 0 Å². The highest BCUT2D eigenvalue weighted by molar-refractivity contribution is 9.10. The number of hydrogen-bond acceptors (Lipinski definition) is 2. The van der Waals surface area contributed by atoms with Crippen molar-refractivity contribution in [3.63, 3.8) is 0 Å². The van der Waals surface area contributed by atoms with E-state index in [2.05, 4.69) is 15.9 Å². The van der Waals surface area contributed by atoms with Crippen LogP contribution in [0.1, 0.15) is 24.8 Å². The fourth-order valence-electron chi connectivity index (χ4n) is 2.77. The largest absolute Gasteiger partial charge is 0.508 e. The van der Waals surface area contributed by atoms with E-state index in [-0.39, 0.29) is 5.75 Å². The molecule has 0 atom stereocenters. The van der Waals surface area contributed by atoms with Crippen LogP contribution in [0.3, 0.4) is 0 Å². The van der Waals surface area contributed by atoms with Crippen molar-refractivity contribution in [1.82, 2.24) is 0 Å². The minimum absolute atomic E-state index is 0.0805. The molecule has 0 amide bonds. The van der Waals surface area contributed by atoms with Crippen molar-refractivity contribution in [3.8, 4) is 5.75 Å². The van der Waals surface area contributed by atoms with Gasteiger partial charge in [-0.3, -0.25) is 4.79 Å². The minimum Gasteiger partial charge on any atom is -0.508 e. The lowest BCUT2D eigenvalue weighted by molar-refractivity contribution is -0.147. The van der Waals surface area contributed by atoms with Crippen LogP contribution in [0.25, 0.3) is 10.8 Å². The number of carboxylic acids is 1. The van der Waals surface area contributed by atoms with Gasteiger partial charge in [0.2, 0.25) is 0 Å². The number of carbonyl (C=O) groups is 1. The van der Waals surface area contributed by atoms with Crippen LogP contribution in [-0.4, -0.2) is 16.2 Å². The van der Waals surface area contributed by atoms with Crippen molar-refractivity contribution >= 4 is 32.7 Å². The highest BCUT2D eigenvalue weighted by atomic mass is 79.9. The molecule has 0 heterocycles. The van der Waals surface area contributed by atoms with Gasteiger partial charge >= 0.3 is 5.97 Å². The monoisotopic (exact) mass is 320 g/mol. The van der Waals surface area contributed by atoms with E-state index in [4.69, 9.17) is 0 Å². The van der Waals surface area contributed by atoms with E-state index < -0.39 is 11.4 Å². The lowest BCUT2D eigenvalue weighted by atomic mass is 9.64. The number of halogens is 1. The molecule has 2 aromatic carbocycles. The van der Waals surface area contributed by atoms with Gasteiger partial charge in [-0.15, -0.1) is 0 Å². The third-order valence-corrected chi connectivity index (χ3v) is 4.54. The standard InChI is InChI=1S/C15H13BrO3/c16-11-3-2-9-8-13(17)12(7-10(9)6-11)15(14(18)19)4-1-5-15/h2-3,6-8,17H,1,4-5H2,(H,18,19). The topological polar surface area (TPSA) is 57.5 Å². The predicted octanol–water partition coefficient (Wildman–Crippen LogP) is 3.81. The van der Waals surface area contributed by atoms with E-state index in [1.165, 1.54) is 0 Å². The molecular weight excluding hydrogens is 308 g/mol. The van der Waals surface area contributed by atoms with Crippen LogP contribution in [0.4, 0.5) is 0 Å². The molecule has 3 rings (SSSR count). The van der Waals surface area contributed by atoms with Gasteiger partial charge in [0.25, 0.3) is 0 Å². The van der Waals surface area contributed by atoms with Crippen molar-refractivity contribution < 1.29 is 15.0 Å². The summed E-state index contributed by atoms with van der Waals surface area (Å²) in [7, 11) is 0. The summed E-state index contributed by atoms with van der Waals surface area (Å²) in [6.45, 7) is 0. The Morgan fingerprint density at radius 3 is 2.47 bits per heavy atom. The Bertz CT molecular complexity index is 674. The number of hydrogen-bond donors (Lipinski definition) is 2. The molecule has 2 N–H and O–H groups in total. The second-order valence-electron chi connectivity index (χ2n) is 5.10. The Morgan fingerprint density at radius 1 is 1.16 bits per heavy atom. The zero-order valence-electron chi connectivity index (χ0n) is 10.2. The molecule has 0 unspecified atom stereocenters. The average molecular weight is 321 g/mol. The molecule has 98 valence electrons. The number of carboxylic acid groups (broad SMARTS) is 1. The van der Waals surface area contributed by atoms with Gasteiger partial charge in [-0.05, 0) is 47.9 Å². The molecule has 3 nitrogen and oxygen atoms in total. The van der Waals surface area contributed by atoms with Gasteiger partial charge in [-0.25, -0.2) is 0 Å². The maximum Gasteiger partial charge on any atom is 0.314 e. The maximum absolute atomic E-state index is 11.5. The Kier molecular flexibility index (Phi) is 2.78. The summed E-state index contributed by atoms with van der Waals surface area (Å²) < 4.78 is 0.939. The second kappa shape index (κ2) is 4.23. The van der Waals surface area contributed by atoms with Gasteiger partial charge in [0.1, 0.15) is 5.75 Å². The zero-order chi connectivity index (χ0) is 13.6. The second-order valence-corrected chi connectivity index (χ2v) is 6.02. The highest BCUT2D eigenvalue weighted by Gasteiger charge is 2.47. The van der Waals surface area contributed by atoms with Crippen LogP contribution in [0.5, 0.6) is 5.75 Å². The van der Waals surface area contributed by atoms with Gasteiger partial charge in [-0.2, -0.15) is 0 Å². The van der Waals surface area contributed by atoms with Crippen LogP contribution < -0.4 is 0 Å². The summed E-state index contributed by atoms with van der Waals surface area (Å²) >= 11 is 3.41. The molecule has 4 heteroatoms. The SMILES string of the molecule is O=C(O)C1(c2cc3cc(Br)ccc3cc2O)CCC1. The Balaban J connectivity index is 2.23. The first-order chi connectivity index (χ1) is 9.03. The predicted molar refractivity (Wildman–Crippen MR) is 76.5 cm³/mol. The molecule has 1 saturated carbocycles. The van der Waals surface area contributed by atoms with E-state index >= 15 is 0 Å². The normalized spacial score (nSPS) is 17.1. The molecule has 2 aromatic rings. The number of rotatable bonds is 2. The van der Waals surface area contributed by atoms with E-state index in [9.17, 15) is 15.0 Å². The number of benzene rings is 2. The van der Waals surface area contributed by atoms with Gasteiger partial charge in [-0.1, -0.05) is 28.4 Å². The number of aliphatic carboxylic acids is 1. The highest BCUT2D eigenvalue weighted by Crippen LogP contribution is 2.48. The molecule has 0 bridgehead atoms. The summed E-state index contributed by atoms with van der Waals surface area (Å²) in [6.07, 6.45) is 2.08. The molecule has 1 aliphatic carbocycles. The molecule has 0 radical (unpaired) electrons. The van der Waals surface area contributed by atoms with E-state index in [1.807, 2.05) is 24.3 Å². The molecule has 0 aromatic heterocycles. The third kappa shape index (κ3) is 1.82. The molecule has 0 saturated heterocycles. The lowest BCUT2D eigenvalue weighted by Gasteiger charge is -2.38. The summed E-state index contributed by atoms with van der Waals surface area (Å²) in [5.74, 6) is -0.764. The first-order valence-corrected chi connectivity index (χ1v) is 6.98. The molecular formula is C15H13BrO3. The Labute approximate surface area is 119 Å². The van der Waals surface area contributed by atoms with Crippen LogP contribution in [-0.2, 0) is 10.2 Å². The summed E-state index contributed by atoms with van der Waals surface area (Å²) in [5, 5.41) is 21.5. The van der Waals surface area contributed by atoms with Crippen molar-refractivity contribution in [1.29, 1.82) is 0 Å². The van der Waals surface area contributed by atoms with Crippen LogP contribution >= 0.6 is 15.9 Å². The fraction of sp³-hybridized carbons (Fsp3) is 0.267. The van der Waals surface area contributed by atoms with E-state index in [1.54, 1.807) is 6.07 Å². The van der Waals surface area contributed by atoms with Gasteiger partial charge in [0, 0.05) is 10.0 Å². The molecule has 19 heavy (non-hydrogen) atoms. The average Bonchev–Trinajstić information content (AvgIpc) is 2.28. The van der Waals surface area contributed by atoms with Gasteiger partial charge in [0.05, 0.1) is 5.41 Å². The van der Waals surface area contributed by atoms with Crippen molar-refractivity contribution in [3.05, 3.63) is 40.4 Å². The van der Waals surface area contributed by atoms with Crippen molar-refractivity contribution in [2.75, 3.05) is 0 Å². The smallest absolute Gasteiger partial charge is 0.314 e. The number of aromatic hydroxyl groups is 1. The number of fused-ring (bicyclic) bond motifs is 1. The lowest BCUT2D eigenvalue weighted by Crippen LogP contribution is -2.42. The Morgan fingerprint density at radius 2 is 1.89 bits per heavy atom. The summed E-state index contributed by atoms with van der Waals surface area (Å²) in [4.78, 5) is 11.5. The third-order valence-electron chi connectivity index (χ3n) is 4.05. The zero-order valence-corrected chi connectivity index (χ0v) is 11.8. The molecule has 1 fully saturated rings. The minimum atomic E-state index is -0.902. The Hall–Kier alpha value is -1.55. The fourth-order valence-corrected chi connectivity index (χ4v) is 3.15. The first kappa shape index (κ1) is 12.5. The van der Waals surface area contributed by atoms with Gasteiger partial charge < -0.3 is 10.2 Å². The van der Waals surface area contributed by atoms with Gasteiger partial charge in [0.15, 0.2) is 0 Å².